The summed E-state index contributed by atoms with van der Waals surface area (Å²) in [5, 5.41) is 14.2. The lowest BCUT2D eigenvalue weighted by Crippen LogP contribution is -2.28. The molecule has 0 unspecified atom stereocenters. The van der Waals surface area contributed by atoms with Crippen molar-refractivity contribution in [1.82, 2.24) is 4.31 Å². The van der Waals surface area contributed by atoms with Gasteiger partial charge in [-0.1, -0.05) is 11.6 Å². The van der Waals surface area contributed by atoms with E-state index in [0.717, 1.165) is 31.7 Å². The molecule has 2 aliphatic rings. The molecule has 9 heteroatoms. The predicted octanol–water partition coefficient (Wildman–Crippen LogP) is 2.53. The maximum Gasteiger partial charge on any atom is 0.270 e. The van der Waals surface area contributed by atoms with Gasteiger partial charge in [0.05, 0.1) is 23.8 Å². The molecule has 0 saturated carbocycles. The fourth-order valence-electron chi connectivity index (χ4n) is 3.20. The Morgan fingerprint density at radius 1 is 1.27 bits per heavy atom. The van der Waals surface area contributed by atoms with E-state index in [1.165, 1.54) is 22.0 Å². The number of nitrogens with zero attached hydrogens (tertiary/aromatic N) is 2. The fourth-order valence-corrected chi connectivity index (χ4v) is 4.91. The average molecular weight is 381 g/mol. The number of hydrogen-bond acceptors (Lipinski definition) is 6. The molecule has 0 bridgehead atoms. The SMILES string of the molecule is O=[N+]([O-])c1ccc(NCCC2=CCOCC2)c(S(=O)(=O)N2CCCC2)c1. The van der Waals surface area contributed by atoms with E-state index in [1.54, 1.807) is 0 Å². The number of rotatable bonds is 7. The Morgan fingerprint density at radius 2 is 2.04 bits per heavy atom. The van der Waals surface area contributed by atoms with Gasteiger partial charge in [-0.2, -0.15) is 4.31 Å². The molecule has 2 aliphatic heterocycles. The maximum absolute atomic E-state index is 12.9. The van der Waals surface area contributed by atoms with Gasteiger partial charge in [0, 0.05) is 31.8 Å². The van der Waals surface area contributed by atoms with Crippen molar-refractivity contribution in [1.29, 1.82) is 0 Å². The second-order valence-corrected chi connectivity index (χ2v) is 8.32. The van der Waals surface area contributed by atoms with Crippen LogP contribution in [0.4, 0.5) is 11.4 Å². The molecule has 2 heterocycles. The van der Waals surface area contributed by atoms with Crippen molar-refractivity contribution in [3.63, 3.8) is 0 Å². The quantitative estimate of drug-likeness (QED) is 0.442. The molecular weight excluding hydrogens is 358 g/mol. The molecule has 26 heavy (non-hydrogen) atoms. The normalized spacial score (nSPS) is 18.5. The number of benzene rings is 1. The van der Waals surface area contributed by atoms with Crippen LogP contribution in [0.1, 0.15) is 25.7 Å². The molecule has 1 fully saturated rings. The highest BCUT2D eigenvalue weighted by atomic mass is 32.2. The molecule has 0 aliphatic carbocycles. The second kappa shape index (κ2) is 8.15. The summed E-state index contributed by atoms with van der Waals surface area (Å²) in [7, 11) is -3.75. The Labute approximate surface area is 153 Å². The molecule has 0 aromatic heterocycles. The van der Waals surface area contributed by atoms with E-state index in [4.69, 9.17) is 4.74 Å². The van der Waals surface area contributed by atoms with Crippen LogP contribution in [0.25, 0.3) is 0 Å². The van der Waals surface area contributed by atoms with Gasteiger partial charge in [-0.3, -0.25) is 10.1 Å². The summed E-state index contributed by atoms with van der Waals surface area (Å²) in [6.45, 7) is 2.79. The zero-order chi connectivity index (χ0) is 18.6. The van der Waals surface area contributed by atoms with Gasteiger partial charge in [0.2, 0.25) is 10.0 Å². The van der Waals surface area contributed by atoms with Crippen molar-refractivity contribution in [2.45, 2.75) is 30.6 Å². The smallest absolute Gasteiger partial charge is 0.270 e. The molecular formula is C17H23N3O5S. The maximum atomic E-state index is 12.9. The van der Waals surface area contributed by atoms with Gasteiger partial charge in [0.25, 0.3) is 5.69 Å². The monoisotopic (exact) mass is 381 g/mol. The summed E-state index contributed by atoms with van der Waals surface area (Å²) < 4.78 is 32.5. The number of non-ortho nitro benzene ring substituents is 1. The van der Waals surface area contributed by atoms with E-state index in [1.807, 2.05) is 6.08 Å². The lowest BCUT2D eigenvalue weighted by atomic mass is 10.1. The Bertz CT molecular complexity index is 801. The first-order valence-electron chi connectivity index (χ1n) is 8.76. The standard InChI is InChI=1S/C17H23N3O5S/c21-20(22)15-3-4-16(18-8-5-14-6-11-25-12-7-14)17(13-15)26(23,24)19-9-1-2-10-19/h3-4,6,13,18H,1-2,5,7-12H2. The minimum absolute atomic E-state index is 0.0189. The third-order valence-electron chi connectivity index (χ3n) is 4.68. The van der Waals surface area contributed by atoms with Crippen LogP contribution in [0.3, 0.4) is 0 Å². The number of nitro benzene ring substituents is 1. The average Bonchev–Trinajstić information content (AvgIpc) is 3.18. The van der Waals surface area contributed by atoms with Crippen LogP contribution in [0.2, 0.25) is 0 Å². The van der Waals surface area contributed by atoms with Crippen LogP contribution in [0.15, 0.2) is 34.7 Å². The van der Waals surface area contributed by atoms with Crippen LogP contribution < -0.4 is 5.32 Å². The largest absolute Gasteiger partial charge is 0.384 e. The number of nitrogens with one attached hydrogen (secondary N) is 1. The third-order valence-corrected chi connectivity index (χ3v) is 6.62. The summed E-state index contributed by atoms with van der Waals surface area (Å²) in [4.78, 5) is 10.5. The van der Waals surface area contributed by atoms with Gasteiger partial charge in [-0.25, -0.2) is 8.42 Å². The summed E-state index contributed by atoms with van der Waals surface area (Å²) in [5.41, 5.74) is 1.46. The van der Waals surface area contributed by atoms with E-state index in [0.29, 0.717) is 38.5 Å². The van der Waals surface area contributed by atoms with Crippen molar-refractivity contribution < 1.29 is 18.1 Å². The molecule has 0 radical (unpaired) electrons. The number of hydrogen-bond donors (Lipinski definition) is 1. The van der Waals surface area contributed by atoms with Gasteiger partial charge in [0.15, 0.2) is 0 Å². The van der Waals surface area contributed by atoms with Crippen molar-refractivity contribution >= 4 is 21.4 Å². The number of ether oxygens (including phenoxy) is 1. The molecule has 1 aromatic carbocycles. The molecule has 3 rings (SSSR count). The van der Waals surface area contributed by atoms with Gasteiger partial charge in [-0.05, 0) is 31.7 Å². The fraction of sp³-hybridized carbons (Fsp3) is 0.529. The zero-order valence-electron chi connectivity index (χ0n) is 14.5. The van der Waals surface area contributed by atoms with Crippen molar-refractivity contribution in [3.05, 3.63) is 40.0 Å². The lowest BCUT2D eigenvalue weighted by molar-refractivity contribution is -0.385. The van der Waals surface area contributed by atoms with Crippen LogP contribution in [-0.4, -0.2) is 50.5 Å². The highest BCUT2D eigenvalue weighted by molar-refractivity contribution is 7.89. The van der Waals surface area contributed by atoms with Crippen molar-refractivity contribution in [3.8, 4) is 0 Å². The first-order chi connectivity index (χ1) is 12.5. The van der Waals surface area contributed by atoms with E-state index < -0.39 is 14.9 Å². The van der Waals surface area contributed by atoms with Gasteiger partial charge < -0.3 is 10.1 Å². The topological polar surface area (TPSA) is 102 Å². The highest BCUT2D eigenvalue weighted by Crippen LogP contribution is 2.31. The number of sulfonamides is 1. The first kappa shape index (κ1) is 18.8. The molecule has 1 N–H and O–H groups in total. The minimum atomic E-state index is -3.75. The van der Waals surface area contributed by atoms with Gasteiger partial charge in [-0.15, -0.1) is 0 Å². The Hall–Kier alpha value is -1.97. The summed E-state index contributed by atoms with van der Waals surface area (Å²) >= 11 is 0. The van der Waals surface area contributed by atoms with E-state index in [9.17, 15) is 18.5 Å². The molecule has 1 aromatic rings. The van der Waals surface area contributed by atoms with Crippen LogP contribution in [0, 0.1) is 10.1 Å². The van der Waals surface area contributed by atoms with Gasteiger partial charge in [0.1, 0.15) is 4.90 Å². The Kier molecular flexibility index (Phi) is 5.90. The highest BCUT2D eigenvalue weighted by Gasteiger charge is 2.30. The summed E-state index contributed by atoms with van der Waals surface area (Å²) in [6, 6.07) is 3.97. The number of nitro groups is 1. The Morgan fingerprint density at radius 3 is 2.69 bits per heavy atom. The van der Waals surface area contributed by atoms with Crippen LogP contribution in [-0.2, 0) is 14.8 Å². The van der Waals surface area contributed by atoms with E-state index in [-0.39, 0.29) is 10.6 Å². The van der Waals surface area contributed by atoms with Crippen LogP contribution >= 0.6 is 0 Å². The minimum Gasteiger partial charge on any atom is -0.384 e. The van der Waals surface area contributed by atoms with Crippen LogP contribution in [0.5, 0.6) is 0 Å². The summed E-state index contributed by atoms with van der Waals surface area (Å²) in [5.74, 6) is 0. The van der Waals surface area contributed by atoms with Gasteiger partial charge >= 0.3 is 0 Å². The van der Waals surface area contributed by atoms with E-state index in [2.05, 4.69) is 5.32 Å². The molecule has 0 amide bonds. The molecule has 0 atom stereocenters. The third kappa shape index (κ3) is 4.22. The summed E-state index contributed by atoms with van der Waals surface area (Å²) in [6.07, 6.45) is 5.33. The molecule has 1 saturated heterocycles. The van der Waals surface area contributed by atoms with E-state index >= 15 is 0 Å². The first-order valence-corrected chi connectivity index (χ1v) is 10.2. The molecule has 0 spiro atoms. The zero-order valence-corrected chi connectivity index (χ0v) is 15.3. The molecule has 8 nitrogen and oxygen atoms in total. The second-order valence-electron chi connectivity index (χ2n) is 6.41. The van der Waals surface area contributed by atoms with Crippen molar-refractivity contribution in [2.75, 3.05) is 38.2 Å². The predicted molar refractivity (Wildman–Crippen MR) is 97.7 cm³/mol. The van der Waals surface area contributed by atoms with Crippen molar-refractivity contribution in [2.24, 2.45) is 0 Å². The number of anilines is 1. The molecule has 142 valence electrons. The lowest BCUT2D eigenvalue weighted by Gasteiger charge is -2.19. The Balaban J connectivity index is 1.81.